The Morgan fingerprint density at radius 2 is 1.73 bits per heavy atom. The van der Waals surface area contributed by atoms with Crippen LogP contribution < -0.4 is 0 Å². The molecule has 0 aliphatic heterocycles. The molecule has 0 fully saturated rings. The van der Waals surface area contributed by atoms with E-state index in [1.807, 2.05) is 0 Å². The molecule has 0 unspecified atom stereocenters. The van der Waals surface area contributed by atoms with E-state index in [-0.39, 0.29) is 5.75 Å². The van der Waals surface area contributed by atoms with Crippen molar-refractivity contribution in [1.29, 1.82) is 0 Å². The van der Waals surface area contributed by atoms with E-state index in [9.17, 15) is 13.0 Å². The number of unbranched alkanes of at least 4 members (excludes halogenated alkanes) is 1. The number of hydrogen-bond donors (Lipinski definition) is 0. The van der Waals surface area contributed by atoms with Gasteiger partial charge in [-0.1, -0.05) is 31.2 Å². The Morgan fingerprint density at radius 3 is 2.09 bits per heavy atom. The van der Waals surface area contributed by atoms with Crippen molar-refractivity contribution in [1.82, 2.24) is 0 Å². The van der Waals surface area contributed by atoms with E-state index < -0.39 is 10.1 Å². The third-order valence-electron chi connectivity index (χ3n) is 1.43. The fourth-order valence-electron chi connectivity index (χ4n) is 0.831. The van der Waals surface area contributed by atoms with Crippen molar-refractivity contribution in [2.24, 2.45) is 5.92 Å². The largest absolute Gasteiger partial charge is 0.294 e. The van der Waals surface area contributed by atoms with E-state index in [0.717, 1.165) is 12.8 Å². The van der Waals surface area contributed by atoms with Gasteiger partial charge in [0, 0.05) is 0 Å². The molecule has 0 aromatic carbocycles. The van der Waals surface area contributed by atoms with Gasteiger partial charge in [0.15, 0.2) is 0 Å². The molecule has 1 radical (unpaired) electrons. The van der Waals surface area contributed by atoms with Crippen molar-refractivity contribution in [3.8, 4) is 0 Å². The quantitative estimate of drug-likeness (QED) is 0.601. The summed E-state index contributed by atoms with van der Waals surface area (Å²) in [4.78, 5) is 0. The highest BCUT2D eigenvalue weighted by Crippen LogP contribution is 2.06. The van der Waals surface area contributed by atoms with Gasteiger partial charge in [-0.25, -0.2) is 0 Å². The molecule has 67 valence electrons. The highest BCUT2D eigenvalue weighted by Gasteiger charge is 2.05. The molecule has 0 rings (SSSR count). The molecule has 3 nitrogen and oxygen atoms in total. The molecule has 11 heavy (non-hydrogen) atoms. The fourth-order valence-corrected chi connectivity index (χ4v) is 1.39. The molecule has 0 bridgehead atoms. The summed E-state index contributed by atoms with van der Waals surface area (Å²) in [5.41, 5.74) is 0. The monoisotopic (exact) mass is 179 g/mol. The van der Waals surface area contributed by atoms with E-state index in [0.29, 0.717) is 12.3 Å². The van der Waals surface area contributed by atoms with E-state index in [2.05, 4.69) is 13.8 Å². The maximum absolute atomic E-state index is 10.1. The first-order valence-electron chi connectivity index (χ1n) is 3.85. The molecule has 0 saturated heterocycles. The average Bonchev–Trinajstić information content (AvgIpc) is 1.78. The normalized spacial score (nSPS) is 12.4. The second-order valence-electron chi connectivity index (χ2n) is 3.15. The van der Waals surface area contributed by atoms with Crippen molar-refractivity contribution in [2.45, 2.75) is 33.1 Å². The zero-order chi connectivity index (χ0) is 8.91. The average molecular weight is 179 g/mol. The highest BCUT2D eigenvalue weighted by atomic mass is 32.2. The molecule has 0 spiro atoms. The lowest BCUT2D eigenvalue weighted by Gasteiger charge is -2.01. The fraction of sp³-hybridized carbons (Fsp3) is 1.00. The molecular formula is C7H15O3S. The Bertz CT molecular complexity index is 182. The van der Waals surface area contributed by atoms with Crippen LogP contribution in [0, 0.1) is 5.92 Å². The first-order valence-corrected chi connectivity index (χ1v) is 5.43. The van der Waals surface area contributed by atoms with Crippen molar-refractivity contribution < 1.29 is 13.0 Å². The minimum absolute atomic E-state index is 0.209. The van der Waals surface area contributed by atoms with Gasteiger partial charge in [-0.2, -0.15) is 8.42 Å². The van der Waals surface area contributed by atoms with Crippen molar-refractivity contribution in [3.63, 3.8) is 0 Å². The van der Waals surface area contributed by atoms with E-state index in [1.54, 1.807) is 0 Å². The van der Waals surface area contributed by atoms with Gasteiger partial charge in [0.25, 0.3) is 10.1 Å². The summed E-state index contributed by atoms with van der Waals surface area (Å²) in [6.45, 7) is 4.15. The second kappa shape index (κ2) is 4.72. The van der Waals surface area contributed by atoms with E-state index in [1.165, 1.54) is 0 Å². The van der Waals surface area contributed by atoms with Gasteiger partial charge < -0.3 is 0 Å². The SMILES string of the molecule is CC(C)CCCCS([O])(=O)=O. The van der Waals surface area contributed by atoms with Gasteiger partial charge >= 0.3 is 0 Å². The summed E-state index contributed by atoms with van der Waals surface area (Å²) in [6, 6.07) is 0. The summed E-state index contributed by atoms with van der Waals surface area (Å²) in [5, 5.41) is 0. The first-order chi connectivity index (χ1) is 4.92. The lowest BCUT2D eigenvalue weighted by atomic mass is 10.1. The van der Waals surface area contributed by atoms with Gasteiger partial charge in [-0.05, 0) is 12.3 Å². The molecule has 0 aromatic heterocycles. The van der Waals surface area contributed by atoms with Crippen LogP contribution in [-0.4, -0.2) is 14.2 Å². The van der Waals surface area contributed by atoms with Crippen LogP contribution in [0.5, 0.6) is 0 Å². The Kier molecular flexibility index (Phi) is 4.68. The minimum Gasteiger partial charge on any atom is -0.197 e. The Hall–Kier alpha value is -0.0900. The third kappa shape index (κ3) is 9.91. The summed E-state index contributed by atoms with van der Waals surface area (Å²) in [7, 11) is -3.97. The lowest BCUT2D eigenvalue weighted by Crippen LogP contribution is -2.02. The van der Waals surface area contributed by atoms with Crippen LogP contribution in [0.4, 0.5) is 0 Å². The van der Waals surface area contributed by atoms with Gasteiger partial charge in [0.1, 0.15) is 0 Å². The minimum atomic E-state index is -3.97. The van der Waals surface area contributed by atoms with Crippen LogP contribution >= 0.6 is 0 Å². The topological polar surface area (TPSA) is 54.0 Å². The summed E-state index contributed by atoms with van der Waals surface area (Å²) >= 11 is 0. The molecule has 4 heteroatoms. The Labute approximate surface area is 68.6 Å². The van der Waals surface area contributed by atoms with Crippen molar-refractivity contribution in [2.75, 3.05) is 5.75 Å². The lowest BCUT2D eigenvalue weighted by molar-refractivity contribution is 0.411. The van der Waals surface area contributed by atoms with Gasteiger partial charge in [-0.3, -0.25) is 0 Å². The molecule has 0 atom stereocenters. The number of rotatable bonds is 5. The van der Waals surface area contributed by atoms with Crippen LogP contribution in [0.25, 0.3) is 0 Å². The molecule has 0 aromatic rings. The standard InChI is InChI=1S/C7H15O3S/c1-7(2)5-3-4-6-11(8,9)10/h7H,3-6H2,1-2H3. The second-order valence-corrected chi connectivity index (χ2v) is 4.68. The molecular weight excluding hydrogens is 164 g/mol. The zero-order valence-corrected chi connectivity index (χ0v) is 7.86. The van der Waals surface area contributed by atoms with Crippen molar-refractivity contribution >= 4 is 10.1 Å². The number of hydrogen-bond acceptors (Lipinski definition) is 2. The summed E-state index contributed by atoms with van der Waals surface area (Å²) in [5.74, 6) is 0.379. The predicted molar refractivity (Wildman–Crippen MR) is 43.2 cm³/mol. The van der Waals surface area contributed by atoms with Crippen LogP contribution in [-0.2, 0) is 14.7 Å². The maximum Gasteiger partial charge on any atom is 0.294 e. The van der Waals surface area contributed by atoms with Gasteiger partial charge in [0.2, 0.25) is 0 Å². The Morgan fingerprint density at radius 1 is 1.18 bits per heavy atom. The third-order valence-corrected chi connectivity index (χ3v) is 2.21. The van der Waals surface area contributed by atoms with Crippen LogP contribution in [0.2, 0.25) is 0 Å². The summed E-state index contributed by atoms with van der Waals surface area (Å²) < 4.78 is 30.4. The maximum atomic E-state index is 10.1. The Balaban J connectivity index is 3.30. The van der Waals surface area contributed by atoms with Crippen LogP contribution in [0.3, 0.4) is 0 Å². The molecule has 0 N–H and O–H groups in total. The molecule has 0 aliphatic rings. The van der Waals surface area contributed by atoms with E-state index in [4.69, 9.17) is 0 Å². The van der Waals surface area contributed by atoms with Crippen LogP contribution in [0.1, 0.15) is 33.1 Å². The molecule has 0 saturated carbocycles. The van der Waals surface area contributed by atoms with Gasteiger partial charge in [0.05, 0.1) is 5.75 Å². The first kappa shape index (κ1) is 10.9. The van der Waals surface area contributed by atoms with Crippen LogP contribution in [0.15, 0.2) is 0 Å². The molecule has 0 heterocycles. The van der Waals surface area contributed by atoms with E-state index >= 15 is 0 Å². The molecule has 0 aliphatic carbocycles. The highest BCUT2D eigenvalue weighted by molar-refractivity contribution is 7.85. The summed E-state index contributed by atoms with van der Waals surface area (Å²) in [6.07, 6.45) is 2.33. The smallest absolute Gasteiger partial charge is 0.197 e. The van der Waals surface area contributed by atoms with Gasteiger partial charge in [-0.15, -0.1) is 0 Å². The zero-order valence-electron chi connectivity index (χ0n) is 7.04. The van der Waals surface area contributed by atoms with Crippen molar-refractivity contribution in [3.05, 3.63) is 0 Å². The predicted octanol–water partition coefficient (Wildman–Crippen LogP) is 1.57. The molecule has 0 amide bonds.